The average Bonchev–Trinajstić information content (AvgIpc) is 2.26. The highest BCUT2D eigenvalue weighted by Gasteiger charge is 2.18. The van der Waals surface area contributed by atoms with Crippen LogP contribution in [0.25, 0.3) is 0 Å². The second kappa shape index (κ2) is 5.50. The molecule has 1 rings (SSSR count). The highest BCUT2D eigenvalue weighted by Crippen LogP contribution is 2.00. The van der Waals surface area contributed by atoms with Gasteiger partial charge in [0.05, 0.1) is 0 Å². The van der Waals surface area contributed by atoms with Crippen molar-refractivity contribution in [2.45, 2.75) is 6.04 Å². The van der Waals surface area contributed by atoms with E-state index >= 15 is 0 Å². The summed E-state index contributed by atoms with van der Waals surface area (Å²) >= 11 is 3.02. The second-order valence-electron chi connectivity index (χ2n) is 2.88. The Bertz CT molecular complexity index is 353. The number of halogens is 1. The van der Waals surface area contributed by atoms with E-state index in [0.29, 0.717) is 5.56 Å². The highest BCUT2D eigenvalue weighted by atomic mass is 79.9. The molecule has 0 fully saturated rings. The second-order valence-corrected chi connectivity index (χ2v) is 3.53. The first-order valence-electron chi connectivity index (χ1n) is 4.30. The van der Waals surface area contributed by atoms with Gasteiger partial charge in [-0.3, -0.25) is 4.79 Å². The molecule has 1 aromatic carbocycles. The van der Waals surface area contributed by atoms with Crippen molar-refractivity contribution in [2.75, 3.05) is 5.33 Å². The third-order valence-corrected chi connectivity index (χ3v) is 2.44. The number of carbonyl (C=O) groups excluding carboxylic acids is 1. The van der Waals surface area contributed by atoms with Gasteiger partial charge in [-0.05, 0) is 12.1 Å². The van der Waals surface area contributed by atoms with Crippen LogP contribution in [0.15, 0.2) is 30.3 Å². The molecule has 2 N–H and O–H groups in total. The predicted octanol–water partition coefficient (Wildman–Crippen LogP) is 1.26. The lowest BCUT2D eigenvalue weighted by Gasteiger charge is -2.11. The van der Waals surface area contributed by atoms with Crippen LogP contribution in [-0.4, -0.2) is 28.4 Å². The number of carboxylic acid groups (broad SMARTS) is 1. The van der Waals surface area contributed by atoms with E-state index in [0.717, 1.165) is 0 Å². The molecule has 5 heteroatoms. The van der Waals surface area contributed by atoms with Crippen molar-refractivity contribution in [3.8, 4) is 0 Å². The molecular formula is C10H10BrNO3. The Balaban J connectivity index is 2.67. The number of carbonyl (C=O) groups is 2. The van der Waals surface area contributed by atoms with Crippen molar-refractivity contribution in [2.24, 2.45) is 0 Å². The molecule has 0 heterocycles. The van der Waals surface area contributed by atoms with Crippen molar-refractivity contribution in [1.29, 1.82) is 0 Å². The zero-order valence-corrected chi connectivity index (χ0v) is 9.40. The molecule has 15 heavy (non-hydrogen) atoms. The first-order chi connectivity index (χ1) is 7.15. The first-order valence-corrected chi connectivity index (χ1v) is 5.42. The molecule has 0 saturated carbocycles. The minimum Gasteiger partial charge on any atom is -0.480 e. The van der Waals surface area contributed by atoms with Gasteiger partial charge in [-0.25, -0.2) is 4.79 Å². The Hall–Kier alpha value is -1.36. The van der Waals surface area contributed by atoms with E-state index in [9.17, 15) is 9.59 Å². The standard InChI is InChI=1S/C10H10BrNO3/c11-6-8(10(14)15)12-9(13)7-4-2-1-3-5-7/h1-5,8H,6H2,(H,12,13)(H,14,15)/t8-/m0/s1. The Morgan fingerprint density at radius 3 is 2.40 bits per heavy atom. The fourth-order valence-corrected chi connectivity index (χ4v) is 1.44. The van der Waals surface area contributed by atoms with Crippen LogP contribution in [0.4, 0.5) is 0 Å². The number of hydrogen-bond donors (Lipinski definition) is 2. The van der Waals surface area contributed by atoms with Crippen LogP contribution >= 0.6 is 15.9 Å². The first kappa shape index (κ1) is 11.7. The van der Waals surface area contributed by atoms with Gasteiger partial charge in [-0.1, -0.05) is 34.1 Å². The summed E-state index contributed by atoms with van der Waals surface area (Å²) in [6.07, 6.45) is 0. The molecule has 0 spiro atoms. The van der Waals surface area contributed by atoms with Crippen LogP contribution in [0.3, 0.4) is 0 Å². The molecule has 80 valence electrons. The molecule has 1 aromatic rings. The largest absolute Gasteiger partial charge is 0.480 e. The van der Waals surface area contributed by atoms with Gasteiger partial charge in [0.25, 0.3) is 5.91 Å². The number of aliphatic carboxylic acids is 1. The average molecular weight is 272 g/mol. The number of hydrogen-bond acceptors (Lipinski definition) is 2. The summed E-state index contributed by atoms with van der Waals surface area (Å²) in [6.45, 7) is 0. The van der Waals surface area contributed by atoms with Gasteiger partial charge in [0.1, 0.15) is 6.04 Å². The monoisotopic (exact) mass is 271 g/mol. The fraction of sp³-hybridized carbons (Fsp3) is 0.200. The van der Waals surface area contributed by atoms with E-state index in [1.165, 1.54) is 0 Å². The maximum Gasteiger partial charge on any atom is 0.327 e. The molecule has 1 amide bonds. The van der Waals surface area contributed by atoms with Crippen molar-refractivity contribution >= 4 is 27.8 Å². The zero-order chi connectivity index (χ0) is 11.3. The number of rotatable bonds is 4. The van der Waals surface area contributed by atoms with E-state index in [1.807, 2.05) is 0 Å². The van der Waals surface area contributed by atoms with Crippen molar-refractivity contribution in [3.05, 3.63) is 35.9 Å². The Morgan fingerprint density at radius 1 is 1.33 bits per heavy atom. The van der Waals surface area contributed by atoms with Gasteiger partial charge in [0.15, 0.2) is 0 Å². The third kappa shape index (κ3) is 3.36. The van der Waals surface area contributed by atoms with Crippen LogP contribution in [-0.2, 0) is 4.79 Å². The lowest BCUT2D eigenvalue weighted by atomic mass is 10.2. The normalized spacial score (nSPS) is 11.8. The number of carboxylic acids is 1. The minimum atomic E-state index is -1.06. The summed E-state index contributed by atoms with van der Waals surface area (Å²) in [4.78, 5) is 22.2. The maximum atomic E-state index is 11.5. The molecule has 0 unspecified atom stereocenters. The molecule has 0 aliphatic heterocycles. The molecular weight excluding hydrogens is 262 g/mol. The highest BCUT2D eigenvalue weighted by molar-refractivity contribution is 9.09. The quantitative estimate of drug-likeness (QED) is 0.811. The van der Waals surface area contributed by atoms with Gasteiger partial charge in [-0.15, -0.1) is 0 Å². The van der Waals surface area contributed by atoms with Gasteiger partial charge in [-0.2, -0.15) is 0 Å². The minimum absolute atomic E-state index is 0.181. The molecule has 0 aliphatic carbocycles. The maximum absolute atomic E-state index is 11.5. The molecule has 1 atom stereocenters. The van der Waals surface area contributed by atoms with Crippen LogP contribution < -0.4 is 5.32 Å². The van der Waals surface area contributed by atoms with Gasteiger partial charge < -0.3 is 10.4 Å². The topological polar surface area (TPSA) is 66.4 Å². The Labute approximate surface area is 95.4 Å². The number of amides is 1. The van der Waals surface area contributed by atoms with E-state index in [1.54, 1.807) is 30.3 Å². The molecule has 0 saturated heterocycles. The van der Waals surface area contributed by atoms with Crippen molar-refractivity contribution in [1.82, 2.24) is 5.32 Å². The Kier molecular flexibility index (Phi) is 4.30. The summed E-state index contributed by atoms with van der Waals surface area (Å²) < 4.78 is 0. The van der Waals surface area contributed by atoms with Crippen molar-refractivity contribution in [3.63, 3.8) is 0 Å². The molecule has 0 aromatic heterocycles. The van der Waals surface area contributed by atoms with Crippen LogP contribution in [0, 0.1) is 0 Å². The molecule has 0 bridgehead atoms. The lowest BCUT2D eigenvalue weighted by molar-refractivity contribution is -0.138. The third-order valence-electron chi connectivity index (χ3n) is 1.79. The summed E-state index contributed by atoms with van der Waals surface area (Å²) in [5.41, 5.74) is 0.449. The fourth-order valence-electron chi connectivity index (χ4n) is 0.997. The van der Waals surface area contributed by atoms with Gasteiger partial charge in [0, 0.05) is 10.9 Å². The lowest BCUT2D eigenvalue weighted by Crippen LogP contribution is -2.41. The summed E-state index contributed by atoms with van der Waals surface area (Å²) in [5, 5.41) is 11.3. The van der Waals surface area contributed by atoms with Crippen molar-refractivity contribution < 1.29 is 14.7 Å². The molecule has 0 aliphatic rings. The Morgan fingerprint density at radius 2 is 1.93 bits per heavy atom. The van der Waals surface area contributed by atoms with Crippen LogP contribution in [0.2, 0.25) is 0 Å². The smallest absolute Gasteiger partial charge is 0.327 e. The number of nitrogens with one attached hydrogen (secondary N) is 1. The van der Waals surface area contributed by atoms with Gasteiger partial charge in [0.2, 0.25) is 0 Å². The molecule has 4 nitrogen and oxygen atoms in total. The van der Waals surface area contributed by atoms with E-state index in [4.69, 9.17) is 5.11 Å². The van der Waals surface area contributed by atoms with E-state index < -0.39 is 12.0 Å². The van der Waals surface area contributed by atoms with E-state index in [-0.39, 0.29) is 11.2 Å². The predicted molar refractivity (Wildman–Crippen MR) is 59.1 cm³/mol. The summed E-state index contributed by atoms with van der Waals surface area (Å²) in [6, 6.07) is 7.58. The van der Waals surface area contributed by atoms with Crippen LogP contribution in [0.5, 0.6) is 0 Å². The summed E-state index contributed by atoms with van der Waals surface area (Å²) in [7, 11) is 0. The number of alkyl halides is 1. The van der Waals surface area contributed by atoms with E-state index in [2.05, 4.69) is 21.2 Å². The zero-order valence-electron chi connectivity index (χ0n) is 7.81. The van der Waals surface area contributed by atoms with Gasteiger partial charge >= 0.3 is 5.97 Å². The molecule has 0 radical (unpaired) electrons. The summed E-state index contributed by atoms with van der Waals surface area (Å²) in [5.74, 6) is -1.45. The number of benzene rings is 1. The van der Waals surface area contributed by atoms with Crippen LogP contribution in [0.1, 0.15) is 10.4 Å². The SMILES string of the molecule is O=C(N[C@@H](CBr)C(=O)O)c1ccccc1.